The Hall–Kier alpha value is -3.33. The lowest BCUT2D eigenvalue weighted by Gasteiger charge is -2.23. The molecular formula is C27H30ClN5O3. The second-order valence-corrected chi connectivity index (χ2v) is 9.64. The number of imidazole rings is 1. The number of aliphatic hydroxyl groups is 1. The van der Waals surface area contributed by atoms with Crippen molar-refractivity contribution in [1.82, 2.24) is 20.3 Å². The van der Waals surface area contributed by atoms with Crippen molar-refractivity contribution in [2.75, 3.05) is 32.1 Å². The Bertz CT molecular complexity index is 1440. The van der Waals surface area contributed by atoms with Gasteiger partial charge in [0.15, 0.2) is 0 Å². The van der Waals surface area contributed by atoms with Crippen LogP contribution in [0, 0.1) is 6.92 Å². The first-order valence-corrected chi connectivity index (χ1v) is 12.5. The van der Waals surface area contributed by atoms with E-state index in [0.717, 1.165) is 42.5 Å². The van der Waals surface area contributed by atoms with Gasteiger partial charge in [0.05, 0.1) is 35.0 Å². The molecule has 1 saturated heterocycles. The SMILES string of the molecule is COc1ccc([C@H](O)CNc2cc[nH]c(=O)c2-c2nc3c(C)cc(C4CCNCC4)cc3[nH]2)cc1Cl. The van der Waals surface area contributed by atoms with Gasteiger partial charge in [-0.05, 0) is 79.7 Å². The van der Waals surface area contributed by atoms with Crippen LogP contribution in [0.4, 0.5) is 5.69 Å². The molecule has 9 heteroatoms. The van der Waals surface area contributed by atoms with E-state index in [1.165, 1.54) is 5.56 Å². The number of piperidine rings is 1. The maximum atomic E-state index is 12.9. The standard InChI is InChI=1S/C27H30ClN5O3/c1-15-11-18(16-5-8-29-9-6-16)13-21-25(15)33-26(32-21)24-20(7-10-30-27(24)35)31-14-22(34)17-3-4-23(36-2)19(28)12-17/h3-4,7,10-13,16,22,29,34H,5-6,8-9,14H2,1-2H3,(H,32,33)(H2,30,31,35)/t22-/m1/s1. The van der Waals surface area contributed by atoms with Crippen molar-refractivity contribution in [2.24, 2.45) is 0 Å². The molecule has 0 saturated carbocycles. The highest BCUT2D eigenvalue weighted by Crippen LogP contribution is 2.32. The van der Waals surface area contributed by atoms with Gasteiger partial charge in [-0.25, -0.2) is 4.98 Å². The van der Waals surface area contributed by atoms with Crippen molar-refractivity contribution in [1.29, 1.82) is 0 Å². The number of hydrogen-bond acceptors (Lipinski definition) is 6. The van der Waals surface area contributed by atoms with Gasteiger partial charge in [-0.1, -0.05) is 23.7 Å². The first-order chi connectivity index (χ1) is 17.4. The molecule has 5 rings (SSSR count). The summed E-state index contributed by atoms with van der Waals surface area (Å²) in [4.78, 5) is 23.8. The van der Waals surface area contributed by atoms with Gasteiger partial charge in [-0.15, -0.1) is 0 Å². The summed E-state index contributed by atoms with van der Waals surface area (Å²) in [5.74, 6) is 1.55. The molecule has 1 fully saturated rings. The summed E-state index contributed by atoms with van der Waals surface area (Å²) in [6.07, 6.45) is 2.96. The molecule has 36 heavy (non-hydrogen) atoms. The smallest absolute Gasteiger partial charge is 0.261 e. The number of aliphatic hydroxyl groups excluding tert-OH is 1. The third kappa shape index (κ3) is 4.84. The lowest BCUT2D eigenvalue weighted by Crippen LogP contribution is -2.26. The van der Waals surface area contributed by atoms with E-state index in [1.807, 2.05) is 0 Å². The lowest BCUT2D eigenvalue weighted by molar-refractivity contribution is 0.191. The van der Waals surface area contributed by atoms with Gasteiger partial charge in [-0.3, -0.25) is 4.79 Å². The van der Waals surface area contributed by atoms with Crippen LogP contribution in [0.1, 0.15) is 41.6 Å². The number of aryl methyl sites for hydroxylation is 1. The van der Waals surface area contributed by atoms with E-state index in [0.29, 0.717) is 39.3 Å². The fourth-order valence-corrected chi connectivity index (χ4v) is 5.17. The number of nitrogens with one attached hydrogen (secondary N) is 4. The summed E-state index contributed by atoms with van der Waals surface area (Å²) in [5.41, 5.74) is 5.51. The summed E-state index contributed by atoms with van der Waals surface area (Å²) in [6.45, 7) is 4.29. The average molecular weight is 508 g/mol. The second-order valence-electron chi connectivity index (χ2n) is 9.23. The number of pyridine rings is 1. The number of nitrogens with zero attached hydrogens (tertiary/aromatic N) is 1. The molecule has 8 nitrogen and oxygen atoms in total. The van der Waals surface area contributed by atoms with Gasteiger partial charge in [0.2, 0.25) is 0 Å². The number of rotatable bonds is 7. The molecule has 1 atom stereocenters. The molecule has 0 bridgehead atoms. The summed E-state index contributed by atoms with van der Waals surface area (Å²) in [7, 11) is 1.54. The molecule has 0 spiro atoms. The van der Waals surface area contributed by atoms with Gasteiger partial charge in [0, 0.05) is 12.7 Å². The maximum absolute atomic E-state index is 12.9. The molecule has 0 radical (unpaired) electrons. The minimum Gasteiger partial charge on any atom is -0.495 e. The van der Waals surface area contributed by atoms with Gasteiger partial charge < -0.3 is 30.4 Å². The monoisotopic (exact) mass is 507 g/mol. The summed E-state index contributed by atoms with van der Waals surface area (Å²) in [5, 5.41) is 17.8. The largest absolute Gasteiger partial charge is 0.495 e. The van der Waals surface area contributed by atoms with Gasteiger partial charge >= 0.3 is 0 Å². The van der Waals surface area contributed by atoms with Crippen LogP contribution in [0.5, 0.6) is 5.75 Å². The molecular weight excluding hydrogens is 478 g/mol. The molecule has 3 heterocycles. The molecule has 2 aromatic heterocycles. The Morgan fingerprint density at radius 1 is 1.22 bits per heavy atom. The van der Waals surface area contributed by atoms with E-state index in [9.17, 15) is 9.90 Å². The first kappa shape index (κ1) is 24.4. The fraction of sp³-hybridized carbons (Fsp3) is 0.333. The van der Waals surface area contributed by atoms with Crippen LogP contribution in [0.3, 0.4) is 0 Å². The Kier molecular flexibility index (Phi) is 7.00. The predicted molar refractivity (Wildman–Crippen MR) is 143 cm³/mol. The van der Waals surface area contributed by atoms with Crippen molar-refractivity contribution in [3.63, 3.8) is 0 Å². The number of halogens is 1. The van der Waals surface area contributed by atoms with E-state index in [4.69, 9.17) is 21.3 Å². The number of fused-ring (bicyclic) bond motifs is 1. The second kappa shape index (κ2) is 10.3. The molecule has 5 N–H and O–H groups in total. The molecule has 0 amide bonds. The van der Waals surface area contributed by atoms with E-state index in [-0.39, 0.29) is 12.1 Å². The Morgan fingerprint density at radius 2 is 2.03 bits per heavy atom. The van der Waals surface area contributed by atoms with Crippen LogP contribution in [-0.4, -0.2) is 46.8 Å². The van der Waals surface area contributed by atoms with E-state index >= 15 is 0 Å². The van der Waals surface area contributed by atoms with E-state index in [1.54, 1.807) is 37.6 Å². The Labute approximate surface area is 214 Å². The number of anilines is 1. The fourth-order valence-electron chi connectivity index (χ4n) is 4.90. The van der Waals surface area contributed by atoms with Crippen LogP contribution in [0.2, 0.25) is 5.02 Å². The highest BCUT2D eigenvalue weighted by atomic mass is 35.5. The summed E-state index contributed by atoms with van der Waals surface area (Å²) < 4.78 is 5.18. The third-order valence-corrected chi connectivity index (χ3v) is 7.15. The van der Waals surface area contributed by atoms with Crippen molar-refractivity contribution >= 4 is 28.3 Å². The van der Waals surface area contributed by atoms with Crippen molar-refractivity contribution in [3.05, 3.63) is 74.7 Å². The van der Waals surface area contributed by atoms with Gasteiger partial charge in [0.25, 0.3) is 5.56 Å². The number of ether oxygens (including phenoxy) is 1. The number of benzene rings is 2. The van der Waals surface area contributed by atoms with E-state index < -0.39 is 6.10 Å². The molecule has 1 aliphatic rings. The zero-order valence-electron chi connectivity index (χ0n) is 20.3. The van der Waals surface area contributed by atoms with Crippen LogP contribution in [-0.2, 0) is 0 Å². The van der Waals surface area contributed by atoms with Crippen LogP contribution < -0.4 is 20.9 Å². The first-order valence-electron chi connectivity index (χ1n) is 12.1. The highest BCUT2D eigenvalue weighted by Gasteiger charge is 2.20. The minimum absolute atomic E-state index is 0.179. The zero-order valence-corrected chi connectivity index (χ0v) is 21.1. The van der Waals surface area contributed by atoms with Crippen LogP contribution in [0.25, 0.3) is 22.4 Å². The van der Waals surface area contributed by atoms with Crippen LogP contribution >= 0.6 is 11.6 Å². The number of aromatic nitrogens is 3. The lowest BCUT2D eigenvalue weighted by atomic mass is 9.89. The van der Waals surface area contributed by atoms with Gasteiger partial charge in [0.1, 0.15) is 17.1 Å². The quantitative estimate of drug-likeness (QED) is 0.251. The van der Waals surface area contributed by atoms with E-state index in [2.05, 4.69) is 39.7 Å². The molecule has 2 aromatic carbocycles. The maximum Gasteiger partial charge on any atom is 0.261 e. The molecule has 0 aliphatic carbocycles. The van der Waals surface area contributed by atoms with Crippen molar-refractivity contribution in [2.45, 2.75) is 31.8 Å². The number of hydrogen-bond donors (Lipinski definition) is 5. The number of aromatic amines is 2. The average Bonchev–Trinajstić information content (AvgIpc) is 3.32. The molecule has 0 unspecified atom stereocenters. The number of H-pyrrole nitrogens is 2. The summed E-state index contributed by atoms with van der Waals surface area (Å²) >= 11 is 6.21. The highest BCUT2D eigenvalue weighted by molar-refractivity contribution is 6.32. The zero-order chi connectivity index (χ0) is 25.2. The van der Waals surface area contributed by atoms with Crippen molar-refractivity contribution in [3.8, 4) is 17.1 Å². The predicted octanol–water partition coefficient (Wildman–Crippen LogP) is 4.50. The third-order valence-electron chi connectivity index (χ3n) is 6.85. The van der Waals surface area contributed by atoms with Gasteiger partial charge in [-0.2, -0.15) is 0 Å². The molecule has 1 aliphatic heterocycles. The Morgan fingerprint density at radius 3 is 2.78 bits per heavy atom. The molecule has 4 aromatic rings. The topological polar surface area (TPSA) is 115 Å². The number of methoxy groups -OCH3 is 1. The van der Waals surface area contributed by atoms with Crippen molar-refractivity contribution < 1.29 is 9.84 Å². The Balaban J connectivity index is 1.43. The van der Waals surface area contributed by atoms with Crippen LogP contribution in [0.15, 0.2) is 47.4 Å². The summed E-state index contributed by atoms with van der Waals surface area (Å²) in [6, 6.07) is 11.3. The normalized spacial score (nSPS) is 15.2. The molecule has 188 valence electrons. The minimum atomic E-state index is -0.842.